The van der Waals surface area contributed by atoms with Crippen LogP contribution >= 0.6 is 0 Å². The van der Waals surface area contributed by atoms with Crippen molar-refractivity contribution in [1.29, 1.82) is 0 Å². The van der Waals surface area contributed by atoms with Crippen LogP contribution in [0.3, 0.4) is 0 Å². The van der Waals surface area contributed by atoms with Gasteiger partial charge in [-0.2, -0.15) is 0 Å². The monoisotopic (exact) mass is 330 g/mol. The second-order valence-corrected chi connectivity index (χ2v) is 7.42. The summed E-state index contributed by atoms with van der Waals surface area (Å²) in [5.74, 6) is 0.993. The highest BCUT2D eigenvalue weighted by Gasteiger charge is 2.29. The first-order valence-corrected chi connectivity index (χ1v) is 9.49. The molecule has 4 heteroatoms. The second kappa shape index (κ2) is 8.52. The van der Waals surface area contributed by atoms with Crippen molar-refractivity contribution in [3.05, 3.63) is 29.8 Å². The Hall–Kier alpha value is -1.55. The Labute approximate surface area is 145 Å². The van der Waals surface area contributed by atoms with Crippen molar-refractivity contribution in [3.8, 4) is 5.75 Å². The van der Waals surface area contributed by atoms with E-state index in [9.17, 15) is 9.90 Å². The van der Waals surface area contributed by atoms with E-state index in [4.69, 9.17) is 0 Å². The third kappa shape index (κ3) is 4.97. The van der Waals surface area contributed by atoms with E-state index in [0.717, 1.165) is 24.7 Å². The molecule has 1 aromatic carbocycles. The molecule has 1 saturated heterocycles. The van der Waals surface area contributed by atoms with Gasteiger partial charge < -0.3 is 15.3 Å². The third-order valence-corrected chi connectivity index (χ3v) is 5.55. The van der Waals surface area contributed by atoms with E-state index >= 15 is 0 Å². The topological polar surface area (TPSA) is 52.6 Å². The Morgan fingerprint density at radius 1 is 1.21 bits per heavy atom. The van der Waals surface area contributed by atoms with Crippen molar-refractivity contribution in [3.63, 3.8) is 0 Å². The Morgan fingerprint density at radius 2 is 2.04 bits per heavy atom. The number of phenols is 1. The summed E-state index contributed by atoms with van der Waals surface area (Å²) in [6, 6.07) is 7.95. The standard InChI is InChI=1S/C20H30N2O2/c23-19-8-4-5-16(13-19)9-10-20(24)21-14-17-11-12-22(15-17)18-6-2-1-3-7-18/h4-5,8,13,17-18,23H,1-3,6-7,9-12,14-15H2,(H,21,24). The van der Waals surface area contributed by atoms with Gasteiger partial charge in [0, 0.05) is 25.6 Å². The molecule has 0 aromatic heterocycles. The summed E-state index contributed by atoms with van der Waals surface area (Å²) in [6.45, 7) is 3.16. The summed E-state index contributed by atoms with van der Waals surface area (Å²) < 4.78 is 0. The molecule has 3 rings (SSSR count). The molecule has 2 N–H and O–H groups in total. The lowest BCUT2D eigenvalue weighted by Crippen LogP contribution is -2.36. The minimum atomic E-state index is 0.120. The molecule has 24 heavy (non-hydrogen) atoms. The number of phenolic OH excluding ortho intramolecular Hbond substituents is 1. The minimum absolute atomic E-state index is 0.120. The van der Waals surface area contributed by atoms with Gasteiger partial charge in [0.2, 0.25) is 5.91 Å². The molecule has 1 aliphatic carbocycles. The number of nitrogens with zero attached hydrogens (tertiary/aromatic N) is 1. The first-order valence-electron chi connectivity index (χ1n) is 9.49. The predicted molar refractivity (Wildman–Crippen MR) is 96.0 cm³/mol. The molecule has 4 nitrogen and oxygen atoms in total. The van der Waals surface area contributed by atoms with Crippen molar-refractivity contribution < 1.29 is 9.90 Å². The molecule has 1 unspecified atom stereocenters. The molecule has 2 fully saturated rings. The van der Waals surface area contributed by atoms with Crippen molar-refractivity contribution in [2.45, 2.75) is 57.4 Å². The van der Waals surface area contributed by atoms with E-state index in [1.165, 1.54) is 45.1 Å². The molecule has 1 aromatic rings. The summed E-state index contributed by atoms with van der Waals surface area (Å²) in [7, 11) is 0. The Morgan fingerprint density at radius 3 is 2.83 bits per heavy atom. The van der Waals surface area contributed by atoms with Crippen LogP contribution in [-0.2, 0) is 11.2 Å². The van der Waals surface area contributed by atoms with Crippen LogP contribution in [0.15, 0.2) is 24.3 Å². The maximum absolute atomic E-state index is 12.1. The maximum atomic E-state index is 12.1. The highest BCUT2D eigenvalue weighted by molar-refractivity contribution is 5.76. The normalized spacial score (nSPS) is 22.6. The lowest BCUT2D eigenvalue weighted by atomic mass is 9.94. The molecule has 0 bridgehead atoms. The molecule has 1 amide bonds. The molecule has 1 aliphatic heterocycles. The Kier molecular flexibility index (Phi) is 6.13. The van der Waals surface area contributed by atoms with E-state index in [-0.39, 0.29) is 11.7 Å². The number of aryl methyl sites for hydroxylation is 1. The quantitative estimate of drug-likeness (QED) is 0.843. The van der Waals surface area contributed by atoms with Crippen LogP contribution in [0, 0.1) is 5.92 Å². The number of aromatic hydroxyl groups is 1. The van der Waals surface area contributed by atoms with Crippen LogP contribution in [-0.4, -0.2) is 41.6 Å². The molecular formula is C20H30N2O2. The number of carbonyl (C=O) groups excluding carboxylic acids is 1. The molecule has 0 radical (unpaired) electrons. The fourth-order valence-corrected chi connectivity index (χ4v) is 4.12. The van der Waals surface area contributed by atoms with Crippen molar-refractivity contribution in [2.75, 3.05) is 19.6 Å². The van der Waals surface area contributed by atoms with E-state index in [0.29, 0.717) is 18.8 Å². The number of nitrogens with one attached hydrogen (secondary N) is 1. The average molecular weight is 330 g/mol. The summed E-state index contributed by atoms with van der Waals surface area (Å²) in [6.07, 6.45) is 9.29. The van der Waals surface area contributed by atoms with Crippen molar-refractivity contribution in [2.24, 2.45) is 5.92 Å². The number of amides is 1. The maximum Gasteiger partial charge on any atom is 0.220 e. The molecular weight excluding hydrogens is 300 g/mol. The minimum Gasteiger partial charge on any atom is -0.508 e. The van der Waals surface area contributed by atoms with Gasteiger partial charge in [0.25, 0.3) is 0 Å². The van der Waals surface area contributed by atoms with Crippen molar-refractivity contribution >= 4 is 5.91 Å². The van der Waals surface area contributed by atoms with Gasteiger partial charge >= 0.3 is 0 Å². The summed E-state index contributed by atoms with van der Waals surface area (Å²) >= 11 is 0. The smallest absolute Gasteiger partial charge is 0.220 e. The lowest BCUT2D eigenvalue weighted by Gasteiger charge is -2.31. The van der Waals surface area contributed by atoms with E-state index in [2.05, 4.69) is 10.2 Å². The van der Waals surface area contributed by atoms with Crippen LogP contribution in [0.1, 0.15) is 50.5 Å². The largest absolute Gasteiger partial charge is 0.508 e. The molecule has 2 aliphatic rings. The van der Waals surface area contributed by atoms with Gasteiger partial charge in [-0.3, -0.25) is 4.79 Å². The van der Waals surface area contributed by atoms with Gasteiger partial charge in [-0.15, -0.1) is 0 Å². The highest BCUT2D eigenvalue weighted by Crippen LogP contribution is 2.27. The van der Waals surface area contributed by atoms with Crippen LogP contribution in [0.4, 0.5) is 0 Å². The molecule has 132 valence electrons. The fraction of sp³-hybridized carbons (Fsp3) is 0.650. The highest BCUT2D eigenvalue weighted by atomic mass is 16.3. The van der Waals surface area contributed by atoms with Crippen LogP contribution < -0.4 is 5.32 Å². The summed E-state index contributed by atoms with van der Waals surface area (Å²) in [5, 5.41) is 12.6. The van der Waals surface area contributed by atoms with Crippen molar-refractivity contribution in [1.82, 2.24) is 10.2 Å². The molecule has 1 heterocycles. The molecule has 1 atom stereocenters. The van der Waals surface area contributed by atoms with Gasteiger partial charge in [0.05, 0.1) is 0 Å². The SMILES string of the molecule is O=C(CCc1cccc(O)c1)NCC1CCN(C2CCCCC2)C1. The van der Waals surface area contributed by atoms with E-state index in [1.54, 1.807) is 12.1 Å². The van der Waals surface area contributed by atoms with Crippen LogP contribution in [0.5, 0.6) is 5.75 Å². The first-order chi connectivity index (χ1) is 11.7. The van der Waals surface area contributed by atoms with Gasteiger partial charge in [-0.1, -0.05) is 31.4 Å². The number of benzene rings is 1. The zero-order valence-corrected chi connectivity index (χ0v) is 14.5. The number of hydrogen-bond acceptors (Lipinski definition) is 3. The number of hydrogen-bond donors (Lipinski definition) is 2. The lowest BCUT2D eigenvalue weighted by molar-refractivity contribution is -0.121. The molecule has 0 spiro atoms. The van der Waals surface area contributed by atoms with E-state index < -0.39 is 0 Å². The zero-order valence-electron chi connectivity index (χ0n) is 14.5. The average Bonchev–Trinajstić information content (AvgIpc) is 3.08. The summed E-state index contributed by atoms with van der Waals surface area (Å²) in [4.78, 5) is 14.7. The summed E-state index contributed by atoms with van der Waals surface area (Å²) in [5.41, 5.74) is 1.01. The van der Waals surface area contributed by atoms with Crippen LogP contribution in [0.2, 0.25) is 0 Å². The molecule has 1 saturated carbocycles. The first kappa shape index (κ1) is 17.3. The van der Waals surface area contributed by atoms with Gasteiger partial charge in [0.15, 0.2) is 0 Å². The number of likely N-dealkylation sites (tertiary alicyclic amines) is 1. The number of carbonyl (C=O) groups is 1. The number of rotatable bonds is 6. The van der Waals surface area contributed by atoms with Crippen LogP contribution in [0.25, 0.3) is 0 Å². The Bertz CT molecular complexity index is 540. The van der Waals surface area contributed by atoms with Gasteiger partial charge in [-0.25, -0.2) is 0 Å². The fourth-order valence-electron chi connectivity index (χ4n) is 4.12. The van der Waals surface area contributed by atoms with Gasteiger partial charge in [-0.05, 0) is 55.8 Å². The van der Waals surface area contributed by atoms with Gasteiger partial charge in [0.1, 0.15) is 5.75 Å². The second-order valence-electron chi connectivity index (χ2n) is 7.42. The third-order valence-electron chi connectivity index (χ3n) is 5.55. The predicted octanol–water partition coefficient (Wildman–Crippen LogP) is 3.10. The Balaban J connectivity index is 1.34. The van der Waals surface area contributed by atoms with E-state index in [1.807, 2.05) is 12.1 Å². The zero-order chi connectivity index (χ0) is 16.8.